The SMILES string of the molecule is CCC[C@@H]1C[C@@H](CC(=O)c2cccc(OC)c2)Oc2c1c(C(F)(F)F)nn2C. The van der Waals surface area contributed by atoms with E-state index >= 15 is 0 Å². The third-order valence-electron chi connectivity index (χ3n) is 4.97. The Balaban J connectivity index is 1.86. The molecule has 1 aromatic heterocycles. The van der Waals surface area contributed by atoms with E-state index in [0.717, 1.165) is 11.1 Å². The van der Waals surface area contributed by atoms with E-state index in [1.54, 1.807) is 24.3 Å². The molecular formula is C20H23F3N2O3. The van der Waals surface area contributed by atoms with Gasteiger partial charge in [0.15, 0.2) is 11.5 Å². The third-order valence-corrected chi connectivity index (χ3v) is 4.97. The number of methoxy groups -OCH3 is 1. The van der Waals surface area contributed by atoms with Crippen LogP contribution in [-0.4, -0.2) is 28.8 Å². The minimum absolute atomic E-state index is 0.0827. The van der Waals surface area contributed by atoms with Crippen LogP contribution in [0.5, 0.6) is 11.6 Å². The summed E-state index contributed by atoms with van der Waals surface area (Å²) in [5.74, 6) is 0.200. The molecule has 0 radical (unpaired) electrons. The number of rotatable bonds is 6. The summed E-state index contributed by atoms with van der Waals surface area (Å²) < 4.78 is 52.3. The molecule has 0 amide bonds. The number of ether oxygens (including phenoxy) is 2. The number of aromatic nitrogens is 2. The van der Waals surface area contributed by atoms with Gasteiger partial charge in [-0.25, -0.2) is 4.68 Å². The van der Waals surface area contributed by atoms with Crippen LogP contribution < -0.4 is 9.47 Å². The third kappa shape index (κ3) is 4.00. The molecule has 0 fully saturated rings. The van der Waals surface area contributed by atoms with Gasteiger partial charge in [0.1, 0.15) is 11.9 Å². The number of benzene rings is 1. The Hall–Kier alpha value is -2.51. The number of carbonyl (C=O) groups excluding carboxylic acids is 1. The molecule has 2 aromatic rings. The van der Waals surface area contributed by atoms with Crippen LogP contribution in [-0.2, 0) is 13.2 Å². The molecule has 0 spiro atoms. The standard InChI is InChI=1S/C20H23F3N2O3/c1-4-6-13-10-15(11-16(26)12-7-5-8-14(9-12)27-3)28-19-17(13)18(20(21,22)23)24-25(19)2/h5,7-9,13,15H,4,6,10-11H2,1-3H3/t13-,15+/m1/s1. The zero-order valence-corrected chi connectivity index (χ0v) is 16.0. The number of halogens is 3. The van der Waals surface area contributed by atoms with Gasteiger partial charge in [0.2, 0.25) is 5.88 Å². The number of nitrogens with zero attached hydrogens (tertiary/aromatic N) is 2. The van der Waals surface area contributed by atoms with Crippen LogP contribution in [0.25, 0.3) is 0 Å². The van der Waals surface area contributed by atoms with E-state index in [1.807, 2.05) is 6.92 Å². The van der Waals surface area contributed by atoms with E-state index in [2.05, 4.69) is 5.10 Å². The molecule has 152 valence electrons. The zero-order valence-electron chi connectivity index (χ0n) is 16.0. The molecule has 2 atom stereocenters. The highest BCUT2D eigenvalue weighted by atomic mass is 19.4. The van der Waals surface area contributed by atoms with Gasteiger partial charge in [-0.05, 0) is 30.9 Å². The van der Waals surface area contributed by atoms with Crippen LogP contribution in [0.1, 0.15) is 60.1 Å². The van der Waals surface area contributed by atoms with Crippen molar-refractivity contribution < 1.29 is 27.4 Å². The molecule has 0 saturated heterocycles. The number of hydrogen-bond donors (Lipinski definition) is 0. The lowest BCUT2D eigenvalue weighted by Gasteiger charge is -2.30. The van der Waals surface area contributed by atoms with Crippen LogP contribution in [0, 0.1) is 0 Å². The predicted molar refractivity (Wildman–Crippen MR) is 96.8 cm³/mol. The number of Topliss-reactive ketones (excluding diaryl/α,β-unsaturated/α-hetero) is 1. The van der Waals surface area contributed by atoms with Gasteiger partial charge in [-0.3, -0.25) is 4.79 Å². The Morgan fingerprint density at radius 3 is 2.79 bits per heavy atom. The largest absolute Gasteiger partial charge is 0.497 e. The molecule has 2 heterocycles. The average Bonchev–Trinajstić information content (AvgIpc) is 2.99. The van der Waals surface area contributed by atoms with E-state index in [9.17, 15) is 18.0 Å². The van der Waals surface area contributed by atoms with E-state index < -0.39 is 18.0 Å². The summed E-state index contributed by atoms with van der Waals surface area (Å²) >= 11 is 0. The Labute approximate surface area is 161 Å². The quantitative estimate of drug-likeness (QED) is 0.661. The summed E-state index contributed by atoms with van der Waals surface area (Å²) in [6.45, 7) is 1.93. The first kappa shape index (κ1) is 20.2. The van der Waals surface area contributed by atoms with Gasteiger partial charge in [-0.15, -0.1) is 0 Å². The number of carbonyl (C=O) groups is 1. The maximum atomic E-state index is 13.4. The van der Waals surface area contributed by atoms with Crippen LogP contribution in [0.3, 0.4) is 0 Å². The molecule has 0 unspecified atom stereocenters. The summed E-state index contributed by atoms with van der Waals surface area (Å²) in [4.78, 5) is 12.7. The van der Waals surface area contributed by atoms with Gasteiger partial charge in [0, 0.05) is 24.6 Å². The van der Waals surface area contributed by atoms with Crippen molar-refractivity contribution in [2.24, 2.45) is 7.05 Å². The Kier molecular flexibility index (Phi) is 5.67. The smallest absolute Gasteiger partial charge is 0.435 e. The second kappa shape index (κ2) is 7.85. The highest BCUT2D eigenvalue weighted by Gasteiger charge is 2.44. The molecule has 28 heavy (non-hydrogen) atoms. The van der Waals surface area contributed by atoms with Crippen molar-refractivity contribution in [3.05, 3.63) is 41.1 Å². The van der Waals surface area contributed by atoms with Crippen molar-refractivity contribution in [1.82, 2.24) is 9.78 Å². The van der Waals surface area contributed by atoms with Crippen molar-refractivity contribution in [2.45, 2.75) is 50.8 Å². The summed E-state index contributed by atoms with van der Waals surface area (Å²) in [6, 6.07) is 6.80. The minimum Gasteiger partial charge on any atom is -0.497 e. The summed E-state index contributed by atoms with van der Waals surface area (Å²) in [5, 5.41) is 3.66. The van der Waals surface area contributed by atoms with Gasteiger partial charge in [0.05, 0.1) is 7.11 Å². The predicted octanol–water partition coefficient (Wildman–Crippen LogP) is 4.76. The molecule has 0 N–H and O–H groups in total. The van der Waals surface area contributed by atoms with E-state index in [1.165, 1.54) is 14.2 Å². The first-order valence-corrected chi connectivity index (χ1v) is 9.22. The molecule has 5 nitrogen and oxygen atoms in total. The zero-order chi connectivity index (χ0) is 20.5. The van der Waals surface area contributed by atoms with Gasteiger partial charge in [0.25, 0.3) is 0 Å². The van der Waals surface area contributed by atoms with E-state index in [0.29, 0.717) is 24.2 Å². The fraction of sp³-hybridized carbons (Fsp3) is 0.500. The minimum atomic E-state index is -4.54. The van der Waals surface area contributed by atoms with Crippen LogP contribution >= 0.6 is 0 Å². The highest BCUT2D eigenvalue weighted by molar-refractivity contribution is 5.96. The number of ketones is 1. The maximum Gasteiger partial charge on any atom is 0.435 e. The Morgan fingerprint density at radius 2 is 2.14 bits per heavy atom. The van der Waals surface area contributed by atoms with Crippen molar-refractivity contribution >= 4 is 5.78 Å². The topological polar surface area (TPSA) is 53.4 Å². The number of aryl methyl sites for hydroxylation is 1. The molecule has 1 aliphatic rings. The molecule has 0 bridgehead atoms. The van der Waals surface area contributed by atoms with Crippen LogP contribution in [0.15, 0.2) is 24.3 Å². The first-order valence-electron chi connectivity index (χ1n) is 9.22. The summed E-state index contributed by atoms with van der Waals surface area (Å²) in [5.41, 5.74) is -0.287. The van der Waals surface area contributed by atoms with Crippen LogP contribution in [0.2, 0.25) is 0 Å². The van der Waals surface area contributed by atoms with Gasteiger partial charge in [-0.2, -0.15) is 18.3 Å². The molecule has 3 rings (SSSR count). The van der Waals surface area contributed by atoms with Gasteiger partial charge >= 0.3 is 6.18 Å². The van der Waals surface area contributed by atoms with Crippen LogP contribution in [0.4, 0.5) is 13.2 Å². The Morgan fingerprint density at radius 1 is 1.39 bits per heavy atom. The number of hydrogen-bond acceptors (Lipinski definition) is 4. The average molecular weight is 396 g/mol. The van der Waals surface area contributed by atoms with Gasteiger partial charge in [-0.1, -0.05) is 25.5 Å². The van der Waals surface area contributed by atoms with Crippen molar-refractivity contribution in [3.63, 3.8) is 0 Å². The van der Waals surface area contributed by atoms with Crippen molar-refractivity contribution in [3.8, 4) is 11.6 Å². The van der Waals surface area contributed by atoms with Crippen molar-refractivity contribution in [1.29, 1.82) is 0 Å². The molecule has 0 aliphatic carbocycles. The number of alkyl halides is 3. The van der Waals surface area contributed by atoms with E-state index in [-0.39, 0.29) is 29.6 Å². The maximum absolute atomic E-state index is 13.4. The molecule has 8 heteroatoms. The Bertz CT molecular complexity index is 861. The van der Waals surface area contributed by atoms with Crippen molar-refractivity contribution in [2.75, 3.05) is 7.11 Å². The lowest BCUT2D eigenvalue weighted by atomic mass is 9.85. The molecule has 1 aliphatic heterocycles. The second-order valence-electron chi connectivity index (χ2n) is 7.01. The summed E-state index contributed by atoms with van der Waals surface area (Å²) in [6.07, 6.45) is -3.30. The molecular weight excluding hydrogens is 373 g/mol. The van der Waals surface area contributed by atoms with E-state index in [4.69, 9.17) is 9.47 Å². The monoisotopic (exact) mass is 396 g/mol. The normalized spacial score (nSPS) is 19.1. The molecule has 0 saturated carbocycles. The fourth-order valence-electron chi connectivity index (χ4n) is 3.74. The molecule has 1 aromatic carbocycles. The first-order chi connectivity index (χ1) is 13.2. The second-order valence-corrected chi connectivity index (χ2v) is 7.01. The highest BCUT2D eigenvalue weighted by Crippen LogP contribution is 2.46. The fourth-order valence-corrected chi connectivity index (χ4v) is 3.74. The lowest BCUT2D eigenvalue weighted by molar-refractivity contribution is -0.142. The van der Waals surface area contributed by atoms with Gasteiger partial charge < -0.3 is 9.47 Å². The summed E-state index contributed by atoms with van der Waals surface area (Å²) in [7, 11) is 2.95. The lowest BCUT2D eigenvalue weighted by Crippen LogP contribution is -2.29. The number of fused-ring (bicyclic) bond motifs is 1.